The number of hydrogen-bond acceptors (Lipinski definition) is 4. The number of piperidine rings is 1. The predicted molar refractivity (Wildman–Crippen MR) is 110 cm³/mol. The number of aliphatic hydroxyl groups is 1. The molecule has 0 unspecified atom stereocenters. The van der Waals surface area contributed by atoms with Gasteiger partial charge < -0.3 is 19.5 Å². The van der Waals surface area contributed by atoms with E-state index in [0.717, 1.165) is 56.4 Å². The Balaban J connectivity index is 1.31. The molecule has 4 nitrogen and oxygen atoms in total. The monoisotopic (exact) mass is 399 g/mol. The Labute approximate surface area is 172 Å². The molecular weight excluding hydrogens is 369 g/mol. The summed E-state index contributed by atoms with van der Waals surface area (Å²) in [5.74, 6) is -1.01. The summed E-state index contributed by atoms with van der Waals surface area (Å²) in [6.07, 6.45) is 3.13. The van der Waals surface area contributed by atoms with E-state index in [0.29, 0.717) is 13.2 Å². The molecule has 2 aromatic rings. The summed E-state index contributed by atoms with van der Waals surface area (Å²) in [6, 6.07) is 14.6. The van der Waals surface area contributed by atoms with E-state index >= 15 is 0 Å². The lowest BCUT2D eigenvalue weighted by Gasteiger charge is -2.39. The van der Waals surface area contributed by atoms with Crippen LogP contribution in [0, 0.1) is 12.7 Å². The number of rotatable bonds is 6. The number of halogens is 1. The highest BCUT2D eigenvalue weighted by atomic mass is 19.1. The summed E-state index contributed by atoms with van der Waals surface area (Å²) < 4.78 is 25.2. The van der Waals surface area contributed by atoms with E-state index in [4.69, 9.17) is 9.47 Å². The summed E-state index contributed by atoms with van der Waals surface area (Å²) in [7, 11) is 0. The molecule has 0 aromatic heterocycles. The van der Waals surface area contributed by atoms with Crippen LogP contribution in [0.4, 0.5) is 4.39 Å². The quantitative estimate of drug-likeness (QED) is 0.794. The maximum atomic E-state index is 13.3. The maximum Gasteiger partial charge on any atom is 0.195 e. The van der Waals surface area contributed by atoms with Crippen LogP contribution in [0.15, 0.2) is 48.5 Å². The molecule has 2 aliphatic rings. The van der Waals surface area contributed by atoms with Gasteiger partial charge in [0.05, 0.1) is 18.8 Å². The minimum Gasteiger partial charge on any atom is -0.385 e. The highest BCUT2D eigenvalue weighted by Gasteiger charge is 2.39. The smallest absolute Gasteiger partial charge is 0.195 e. The van der Waals surface area contributed by atoms with Crippen LogP contribution in [0.25, 0.3) is 0 Å². The molecule has 0 aliphatic carbocycles. The van der Waals surface area contributed by atoms with E-state index in [9.17, 15) is 9.50 Å². The lowest BCUT2D eigenvalue weighted by molar-refractivity contribution is -0.172. The zero-order valence-electron chi connectivity index (χ0n) is 17.1. The minimum atomic E-state index is -0.758. The van der Waals surface area contributed by atoms with Gasteiger partial charge in [-0.25, -0.2) is 4.39 Å². The molecule has 2 fully saturated rings. The average Bonchev–Trinajstić information content (AvgIpc) is 3.20. The van der Waals surface area contributed by atoms with E-state index in [1.807, 2.05) is 12.1 Å². The fraction of sp³-hybridized carbons (Fsp3) is 0.500. The number of benzene rings is 2. The third-order valence-electron chi connectivity index (χ3n) is 6.29. The second-order valence-corrected chi connectivity index (χ2v) is 8.30. The number of aryl methyl sites for hydroxylation is 1. The topological polar surface area (TPSA) is 41.9 Å². The first-order chi connectivity index (χ1) is 14.0. The van der Waals surface area contributed by atoms with Gasteiger partial charge in [0.2, 0.25) is 0 Å². The molecule has 2 aliphatic heterocycles. The van der Waals surface area contributed by atoms with Crippen LogP contribution in [0.2, 0.25) is 0 Å². The predicted octanol–water partition coefficient (Wildman–Crippen LogP) is 4.10. The maximum absolute atomic E-state index is 13.3. The minimum absolute atomic E-state index is 0.253. The van der Waals surface area contributed by atoms with E-state index in [-0.39, 0.29) is 5.82 Å². The summed E-state index contributed by atoms with van der Waals surface area (Å²) in [5, 5.41) is 11.1. The number of hydrogen-bond donors (Lipinski definition) is 1. The van der Waals surface area contributed by atoms with Crippen LogP contribution < -0.4 is 0 Å². The van der Waals surface area contributed by atoms with Crippen molar-refractivity contribution in [2.75, 3.05) is 32.8 Å². The largest absolute Gasteiger partial charge is 0.385 e. The SMILES string of the molecule is Cc1ccc(C2(O)CCN(CCCC3(c4ccc(F)cc4)OCCO3)CC2)cc1. The number of ether oxygens (including phenoxy) is 2. The molecule has 4 rings (SSSR count). The van der Waals surface area contributed by atoms with Gasteiger partial charge in [-0.15, -0.1) is 0 Å². The first kappa shape index (κ1) is 20.5. The van der Waals surface area contributed by atoms with E-state index in [1.165, 1.54) is 17.7 Å². The second kappa shape index (κ2) is 8.52. The normalized spacial score (nSPS) is 21.3. The molecule has 2 aromatic carbocycles. The Kier molecular flexibility index (Phi) is 6.02. The Morgan fingerprint density at radius 1 is 0.931 bits per heavy atom. The zero-order valence-corrected chi connectivity index (χ0v) is 17.1. The lowest BCUT2D eigenvalue weighted by Crippen LogP contribution is -2.43. The fourth-order valence-corrected chi connectivity index (χ4v) is 4.45. The number of nitrogens with zero attached hydrogens (tertiary/aromatic N) is 1. The van der Waals surface area contributed by atoms with Crippen molar-refractivity contribution in [2.45, 2.75) is 44.0 Å². The standard InChI is InChI=1S/C24H30FNO3/c1-19-3-5-20(6-4-19)23(27)12-15-26(16-13-23)14-2-11-24(28-17-18-29-24)21-7-9-22(25)10-8-21/h3-10,27H,2,11-18H2,1H3. The third kappa shape index (κ3) is 4.53. The summed E-state index contributed by atoms with van der Waals surface area (Å²) in [6.45, 7) is 5.85. The van der Waals surface area contributed by atoms with Gasteiger partial charge in [0.15, 0.2) is 5.79 Å². The Hall–Kier alpha value is -1.79. The first-order valence-corrected chi connectivity index (χ1v) is 10.6. The van der Waals surface area contributed by atoms with Gasteiger partial charge in [0.1, 0.15) is 5.82 Å². The van der Waals surface area contributed by atoms with Crippen molar-refractivity contribution < 1.29 is 19.0 Å². The molecule has 1 N–H and O–H groups in total. The van der Waals surface area contributed by atoms with Crippen LogP contribution in [0.5, 0.6) is 0 Å². The third-order valence-corrected chi connectivity index (χ3v) is 6.29. The summed E-state index contributed by atoms with van der Waals surface area (Å²) in [5.41, 5.74) is 2.38. The van der Waals surface area contributed by atoms with Gasteiger partial charge >= 0.3 is 0 Å². The van der Waals surface area contributed by atoms with Crippen molar-refractivity contribution in [1.82, 2.24) is 4.90 Å². The van der Waals surface area contributed by atoms with Crippen LogP contribution in [-0.2, 0) is 20.9 Å². The van der Waals surface area contributed by atoms with Gasteiger partial charge in [-0.2, -0.15) is 0 Å². The Morgan fingerprint density at radius 2 is 1.52 bits per heavy atom. The van der Waals surface area contributed by atoms with Crippen molar-refractivity contribution in [3.8, 4) is 0 Å². The van der Waals surface area contributed by atoms with Crippen LogP contribution >= 0.6 is 0 Å². The molecule has 2 saturated heterocycles. The summed E-state index contributed by atoms with van der Waals surface area (Å²) in [4.78, 5) is 2.40. The van der Waals surface area contributed by atoms with Gasteiger partial charge in [0.25, 0.3) is 0 Å². The van der Waals surface area contributed by atoms with Crippen molar-refractivity contribution in [1.29, 1.82) is 0 Å². The van der Waals surface area contributed by atoms with Gasteiger partial charge in [-0.1, -0.05) is 42.0 Å². The molecular formula is C24H30FNO3. The van der Waals surface area contributed by atoms with E-state index in [2.05, 4.69) is 24.0 Å². The Morgan fingerprint density at radius 3 is 2.14 bits per heavy atom. The average molecular weight is 400 g/mol. The van der Waals surface area contributed by atoms with Crippen LogP contribution in [0.1, 0.15) is 42.4 Å². The summed E-state index contributed by atoms with van der Waals surface area (Å²) >= 11 is 0. The second-order valence-electron chi connectivity index (χ2n) is 8.30. The Bertz CT molecular complexity index is 792. The van der Waals surface area contributed by atoms with Crippen LogP contribution in [0.3, 0.4) is 0 Å². The van der Waals surface area contributed by atoms with Crippen molar-refractivity contribution >= 4 is 0 Å². The molecule has 29 heavy (non-hydrogen) atoms. The van der Waals surface area contributed by atoms with Crippen molar-refractivity contribution in [2.24, 2.45) is 0 Å². The van der Waals surface area contributed by atoms with Crippen molar-refractivity contribution in [3.05, 3.63) is 71.0 Å². The molecule has 2 heterocycles. The highest BCUT2D eigenvalue weighted by Crippen LogP contribution is 2.37. The number of likely N-dealkylation sites (tertiary alicyclic amines) is 1. The molecule has 0 spiro atoms. The first-order valence-electron chi connectivity index (χ1n) is 10.6. The van der Waals surface area contributed by atoms with Gasteiger partial charge in [0, 0.05) is 25.1 Å². The molecule has 0 saturated carbocycles. The molecule has 5 heteroatoms. The fourth-order valence-electron chi connectivity index (χ4n) is 4.45. The lowest BCUT2D eigenvalue weighted by atomic mass is 9.84. The van der Waals surface area contributed by atoms with E-state index in [1.54, 1.807) is 12.1 Å². The van der Waals surface area contributed by atoms with Crippen molar-refractivity contribution in [3.63, 3.8) is 0 Å². The molecule has 156 valence electrons. The molecule has 0 atom stereocenters. The van der Waals surface area contributed by atoms with Gasteiger partial charge in [-0.05, 0) is 50.4 Å². The molecule has 0 radical (unpaired) electrons. The van der Waals surface area contributed by atoms with Crippen LogP contribution in [-0.4, -0.2) is 42.9 Å². The molecule has 0 bridgehead atoms. The molecule has 0 amide bonds. The highest BCUT2D eigenvalue weighted by molar-refractivity contribution is 5.27. The van der Waals surface area contributed by atoms with E-state index < -0.39 is 11.4 Å². The zero-order chi connectivity index (χ0) is 20.3. The van der Waals surface area contributed by atoms with Gasteiger partial charge in [-0.3, -0.25) is 0 Å².